The summed E-state index contributed by atoms with van der Waals surface area (Å²) in [6.45, 7) is 5.41. The van der Waals surface area contributed by atoms with Gasteiger partial charge in [-0.15, -0.1) is 0 Å². The number of allylic oxidation sites excluding steroid dienone is 1. The number of hydrogen-bond acceptors (Lipinski definition) is 8. The van der Waals surface area contributed by atoms with Gasteiger partial charge in [-0.05, 0) is 119 Å². The van der Waals surface area contributed by atoms with Gasteiger partial charge < -0.3 is 9.97 Å². The van der Waals surface area contributed by atoms with Gasteiger partial charge in [0.15, 0.2) is 12.1 Å². The third kappa shape index (κ3) is 8.69. The largest absolute Gasteiger partial charge is 0.341 e. The molecule has 1 aliphatic heterocycles. The Morgan fingerprint density at radius 3 is 2.02 bits per heavy atom. The summed E-state index contributed by atoms with van der Waals surface area (Å²) >= 11 is 6.96. The van der Waals surface area contributed by atoms with Crippen LogP contribution < -0.4 is 0 Å². The lowest BCUT2D eigenvalue weighted by atomic mass is 9.91. The van der Waals surface area contributed by atoms with E-state index in [1.807, 2.05) is 74.5 Å². The summed E-state index contributed by atoms with van der Waals surface area (Å²) in [4.78, 5) is 59.6. The van der Waals surface area contributed by atoms with Crippen molar-refractivity contribution in [2.45, 2.75) is 45.7 Å². The number of benzene rings is 2. The predicted octanol–water partition coefficient (Wildman–Crippen LogP) is 8.24. The third-order valence-electron chi connectivity index (χ3n) is 8.11. The lowest BCUT2D eigenvalue weighted by molar-refractivity contribution is -0.125. The van der Waals surface area contributed by atoms with Crippen LogP contribution in [0.3, 0.4) is 0 Å². The average Bonchev–Trinajstić information content (AvgIpc) is 3.72. The minimum Gasteiger partial charge on any atom is -0.341 e. The summed E-state index contributed by atoms with van der Waals surface area (Å²) in [6.07, 6.45) is 8.29. The Hall–Kier alpha value is -4.65. The molecule has 2 N–H and O–H groups in total. The number of para-hydroxylation sites is 2. The fraction of sp³-hybridized carbons (Fsp3) is 0.216. The number of likely N-dealkylation sites (tertiary alicyclic amines) is 1. The van der Waals surface area contributed by atoms with E-state index in [-0.39, 0.29) is 23.7 Å². The molecule has 1 aliphatic rings. The first kappa shape index (κ1) is 35.7. The molecule has 0 unspecified atom stereocenters. The molecule has 1 saturated heterocycles. The topological polar surface area (TPSA) is 138 Å². The maximum atomic E-state index is 12.5. The van der Waals surface area contributed by atoms with E-state index in [0.717, 1.165) is 59.9 Å². The number of H-pyrrole nitrogens is 2. The summed E-state index contributed by atoms with van der Waals surface area (Å²) in [5.41, 5.74) is 7.23. The SMILES string of the molecule is CC(=O)/C=C/c1nc2c(Br)cccc2[nH]1.Cc1cccnc1C=O.Cc1cccnc1[C@@H]1CC(=O)C[C@H](c2nc3c(Br)cccc3[nH]2)N1C. The molecular weight excluding hydrogens is 750 g/mol. The van der Waals surface area contributed by atoms with Crippen LogP contribution in [0.2, 0.25) is 0 Å². The number of halogens is 2. The number of carbonyl (C=O) groups is 3. The Bertz CT molecular complexity index is 2160. The number of aromatic nitrogens is 6. The van der Waals surface area contributed by atoms with Gasteiger partial charge in [0.25, 0.3) is 0 Å². The monoisotopic (exact) mass is 783 g/mol. The number of nitrogens with zero attached hydrogens (tertiary/aromatic N) is 5. The summed E-state index contributed by atoms with van der Waals surface area (Å²) in [5.74, 6) is 1.77. The van der Waals surface area contributed by atoms with Gasteiger partial charge in [-0.2, -0.15) is 0 Å². The van der Waals surface area contributed by atoms with Gasteiger partial charge in [0.2, 0.25) is 0 Å². The van der Waals surface area contributed by atoms with Gasteiger partial charge in [0.1, 0.15) is 34.2 Å². The van der Waals surface area contributed by atoms with Crippen LogP contribution in [0.1, 0.15) is 70.8 Å². The van der Waals surface area contributed by atoms with E-state index in [0.29, 0.717) is 24.4 Å². The summed E-state index contributed by atoms with van der Waals surface area (Å²) < 4.78 is 1.90. The molecule has 0 aliphatic carbocycles. The van der Waals surface area contributed by atoms with Gasteiger partial charge in [-0.25, -0.2) is 9.97 Å². The molecule has 0 amide bonds. The molecule has 2 aromatic carbocycles. The van der Waals surface area contributed by atoms with Crippen molar-refractivity contribution in [1.82, 2.24) is 34.8 Å². The van der Waals surface area contributed by atoms with Gasteiger partial charge in [0, 0.05) is 34.2 Å². The summed E-state index contributed by atoms with van der Waals surface area (Å²) in [7, 11) is 2.05. The normalized spacial score (nSPS) is 16.2. The zero-order valence-electron chi connectivity index (χ0n) is 27.4. The van der Waals surface area contributed by atoms with Crippen LogP contribution in [0.4, 0.5) is 0 Å². The highest BCUT2D eigenvalue weighted by Gasteiger charge is 2.37. The van der Waals surface area contributed by atoms with Gasteiger partial charge in [0.05, 0.1) is 28.8 Å². The average molecular weight is 786 g/mol. The minimum atomic E-state index is -0.0769. The molecule has 4 aromatic heterocycles. The second kappa shape index (κ2) is 16.2. The Morgan fingerprint density at radius 2 is 1.45 bits per heavy atom. The van der Waals surface area contributed by atoms with E-state index >= 15 is 0 Å². The fourth-order valence-corrected chi connectivity index (χ4v) is 6.44. The maximum Gasteiger partial charge on any atom is 0.168 e. The van der Waals surface area contributed by atoms with Gasteiger partial charge >= 0.3 is 0 Å². The van der Waals surface area contributed by atoms with E-state index in [1.165, 1.54) is 13.0 Å². The zero-order valence-corrected chi connectivity index (χ0v) is 30.6. The molecular formula is C37H35Br2N7O3. The van der Waals surface area contributed by atoms with Crippen molar-refractivity contribution in [2.24, 2.45) is 0 Å². The number of nitrogens with one attached hydrogen (secondary N) is 2. The second-order valence-corrected chi connectivity index (χ2v) is 13.3. The Kier molecular flexibility index (Phi) is 11.8. The lowest BCUT2D eigenvalue weighted by Crippen LogP contribution is -2.38. The summed E-state index contributed by atoms with van der Waals surface area (Å²) in [6, 6.07) is 19.3. The third-order valence-corrected chi connectivity index (χ3v) is 9.39. The molecule has 250 valence electrons. The highest BCUT2D eigenvalue weighted by atomic mass is 79.9. The van der Waals surface area contributed by atoms with Gasteiger partial charge in [-0.1, -0.05) is 24.3 Å². The van der Waals surface area contributed by atoms with Crippen molar-refractivity contribution >= 4 is 77.9 Å². The molecule has 7 rings (SSSR count). The standard InChI is InChI=1S/C19H19BrN4O.C11H9BrN2O.C7H7NO/c1-11-5-4-8-21-17(11)15-9-12(25)10-16(24(15)2)19-22-14-7-3-6-13(20)18(14)23-19;1-7(15)5-6-10-13-9-4-2-3-8(12)11(9)14-10;1-6-3-2-4-8-7(6)5-9/h3-8,15-16H,9-10H2,1-2H3,(H,22,23);2-6H,1H3,(H,13,14);2-5H,1H3/b;6-5+;/t15-,16+;;/m0../s1. The van der Waals surface area contributed by atoms with E-state index in [2.05, 4.69) is 68.7 Å². The number of aldehydes is 1. The van der Waals surface area contributed by atoms with Gasteiger partial charge in [-0.3, -0.25) is 29.3 Å². The molecule has 0 saturated carbocycles. The zero-order chi connectivity index (χ0) is 35.1. The molecule has 5 heterocycles. The van der Waals surface area contributed by atoms with Crippen LogP contribution in [0, 0.1) is 13.8 Å². The molecule has 1 fully saturated rings. The number of imidazole rings is 2. The first-order chi connectivity index (χ1) is 23.5. The first-order valence-corrected chi connectivity index (χ1v) is 17.1. The Morgan fingerprint density at radius 1 is 0.837 bits per heavy atom. The van der Waals surface area contributed by atoms with Crippen molar-refractivity contribution in [3.8, 4) is 0 Å². The van der Waals surface area contributed by atoms with E-state index in [4.69, 9.17) is 4.98 Å². The van der Waals surface area contributed by atoms with Crippen molar-refractivity contribution < 1.29 is 14.4 Å². The van der Waals surface area contributed by atoms with Crippen LogP contribution >= 0.6 is 31.9 Å². The van der Waals surface area contributed by atoms with E-state index < -0.39 is 0 Å². The number of carbonyl (C=O) groups excluding carboxylic acids is 3. The van der Waals surface area contributed by atoms with Crippen LogP contribution in [-0.4, -0.2) is 59.7 Å². The number of rotatable bonds is 5. The van der Waals surface area contributed by atoms with E-state index in [9.17, 15) is 14.4 Å². The van der Waals surface area contributed by atoms with Crippen LogP contribution in [0.5, 0.6) is 0 Å². The Balaban J connectivity index is 0.000000164. The number of aromatic amines is 2. The first-order valence-electron chi connectivity index (χ1n) is 15.5. The number of fused-ring (bicyclic) bond motifs is 2. The molecule has 10 nitrogen and oxygen atoms in total. The number of piperidine rings is 1. The summed E-state index contributed by atoms with van der Waals surface area (Å²) in [5, 5.41) is 0. The molecule has 0 bridgehead atoms. The number of ketones is 2. The van der Waals surface area contributed by atoms with Crippen LogP contribution in [-0.2, 0) is 9.59 Å². The number of aryl methyl sites for hydroxylation is 2. The fourth-order valence-electron chi connectivity index (χ4n) is 5.53. The molecule has 0 radical (unpaired) electrons. The Labute approximate surface area is 300 Å². The molecule has 6 aromatic rings. The van der Waals surface area contributed by atoms with Crippen LogP contribution in [0.15, 0.2) is 88.1 Å². The van der Waals surface area contributed by atoms with Crippen molar-refractivity contribution in [1.29, 1.82) is 0 Å². The number of hydrogen-bond donors (Lipinski definition) is 2. The minimum absolute atomic E-state index is 0.00882. The smallest absolute Gasteiger partial charge is 0.168 e. The van der Waals surface area contributed by atoms with Crippen molar-refractivity contribution in [2.75, 3.05) is 7.05 Å². The number of pyridine rings is 2. The van der Waals surface area contributed by atoms with E-state index in [1.54, 1.807) is 18.5 Å². The highest BCUT2D eigenvalue weighted by Crippen LogP contribution is 2.39. The van der Waals surface area contributed by atoms with Crippen molar-refractivity contribution in [3.63, 3.8) is 0 Å². The second-order valence-electron chi connectivity index (χ2n) is 11.6. The van der Waals surface area contributed by atoms with Crippen LogP contribution in [0.25, 0.3) is 28.1 Å². The molecule has 49 heavy (non-hydrogen) atoms. The molecule has 0 spiro atoms. The molecule has 2 atom stereocenters. The quantitative estimate of drug-likeness (QED) is 0.132. The van der Waals surface area contributed by atoms with Crippen molar-refractivity contribution in [3.05, 3.63) is 122 Å². The molecule has 12 heteroatoms. The predicted molar refractivity (Wildman–Crippen MR) is 198 cm³/mol. The highest BCUT2D eigenvalue weighted by molar-refractivity contribution is 9.11. The number of Topliss-reactive ketones (excluding diaryl/α,β-unsaturated/α-hetero) is 1. The lowest BCUT2D eigenvalue weighted by Gasteiger charge is -2.38. The maximum absolute atomic E-state index is 12.5.